The quantitative estimate of drug-likeness (QED) is 0.802. The predicted octanol–water partition coefficient (Wildman–Crippen LogP) is 4.29. The lowest BCUT2D eigenvalue weighted by Crippen LogP contribution is -2.48. The molecule has 5 nitrogen and oxygen atoms in total. The van der Waals surface area contributed by atoms with Gasteiger partial charge in [-0.3, -0.25) is 9.59 Å². The van der Waals surface area contributed by atoms with E-state index in [1.165, 1.54) is 5.56 Å². The highest BCUT2D eigenvalue weighted by molar-refractivity contribution is 5.95. The first kappa shape index (κ1) is 21.9. The van der Waals surface area contributed by atoms with Gasteiger partial charge in [0, 0.05) is 18.2 Å². The molecule has 0 saturated carbocycles. The van der Waals surface area contributed by atoms with E-state index in [9.17, 15) is 9.59 Å². The number of ether oxygens (including phenoxy) is 1. The summed E-state index contributed by atoms with van der Waals surface area (Å²) in [7, 11) is 0. The molecule has 2 atom stereocenters. The highest BCUT2D eigenvalue weighted by atomic mass is 16.5. The zero-order valence-corrected chi connectivity index (χ0v) is 18.4. The van der Waals surface area contributed by atoms with Crippen molar-refractivity contribution < 1.29 is 14.3 Å². The van der Waals surface area contributed by atoms with Crippen molar-refractivity contribution in [3.63, 3.8) is 0 Å². The molecule has 160 valence electrons. The second-order valence-corrected chi connectivity index (χ2v) is 9.24. The van der Waals surface area contributed by atoms with Crippen LogP contribution in [-0.2, 0) is 16.8 Å². The summed E-state index contributed by atoms with van der Waals surface area (Å²) in [5.74, 6) is 0.173. The fraction of sp³-hybridized carbons (Fsp3) is 0.440. The first-order valence-electron chi connectivity index (χ1n) is 10.6. The van der Waals surface area contributed by atoms with Crippen LogP contribution in [0.4, 0.5) is 0 Å². The van der Waals surface area contributed by atoms with Crippen LogP contribution in [-0.4, -0.2) is 29.3 Å². The van der Waals surface area contributed by atoms with Gasteiger partial charge in [-0.2, -0.15) is 0 Å². The van der Waals surface area contributed by atoms with Crippen LogP contribution in [0.2, 0.25) is 0 Å². The summed E-state index contributed by atoms with van der Waals surface area (Å²) in [4.78, 5) is 26.2. The van der Waals surface area contributed by atoms with Crippen LogP contribution in [0, 0.1) is 5.92 Å². The smallest absolute Gasteiger partial charge is 0.254 e. The number of nitrogens with two attached hydrogens (primary N) is 1. The highest BCUT2D eigenvalue weighted by Gasteiger charge is 2.32. The number of benzene rings is 2. The molecule has 2 aromatic rings. The molecule has 2 aromatic carbocycles. The molecule has 1 aliphatic heterocycles. The molecule has 3 rings (SSSR count). The third-order valence-electron chi connectivity index (χ3n) is 5.87. The van der Waals surface area contributed by atoms with Gasteiger partial charge in [0.15, 0.2) is 0 Å². The lowest BCUT2D eigenvalue weighted by atomic mass is 9.87. The zero-order valence-electron chi connectivity index (χ0n) is 18.4. The van der Waals surface area contributed by atoms with Crippen LogP contribution < -0.4 is 10.5 Å². The average Bonchev–Trinajstić information content (AvgIpc) is 2.72. The minimum atomic E-state index is -0.331. The minimum absolute atomic E-state index is 0.0568. The minimum Gasteiger partial charge on any atom is -0.489 e. The van der Waals surface area contributed by atoms with Gasteiger partial charge in [-0.05, 0) is 60.6 Å². The lowest BCUT2D eigenvalue weighted by molar-refractivity contribution is -0.123. The SMILES string of the molecule is CC1CCC(C(N)=O)CN1C(=O)c1ccc(COc2ccc(C(C)(C)C)cc2)cc1. The van der Waals surface area contributed by atoms with E-state index in [2.05, 4.69) is 32.9 Å². The molecule has 0 radical (unpaired) electrons. The van der Waals surface area contributed by atoms with Gasteiger partial charge in [-0.15, -0.1) is 0 Å². The molecule has 1 saturated heterocycles. The molecule has 2 unspecified atom stereocenters. The topological polar surface area (TPSA) is 72.6 Å². The van der Waals surface area contributed by atoms with Gasteiger partial charge < -0.3 is 15.4 Å². The van der Waals surface area contributed by atoms with E-state index in [4.69, 9.17) is 10.5 Å². The Balaban J connectivity index is 1.60. The van der Waals surface area contributed by atoms with Crippen molar-refractivity contribution in [3.8, 4) is 5.75 Å². The van der Waals surface area contributed by atoms with E-state index in [-0.39, 0.29) is 29.2 Å². The average molecular weight is 409 g/mol. The number of amides is 2. The maximum Gasteiger partial charge on any atom is 0.254 e. The fourth-order valence-corrected chi connectivity index (χ4v) is 3.75. The maximum atomic E-state index is 12.9. The van der Waals surface area contributed by atoms with Crippen molar-refractivity contribution in [1.82, 2.24) is 4.90 Å². The molecule has 0 aromatic heterocycles. The summed E-state index contributed by atoms with van der Waals surface area (Å²) in [5.41, 5.74) is 8.45. The van der Waals surface area contributed by atoms with E-state index >= 15 is 0 Å². The zero-order chi connectivity index (χ0) is 21.9. The van der Waals surface area contributed by atoms with E-state index in [1.807, 2.05) is 43.3 Å². The van der Waals surface area contributed by atoms with Crippen LogP contribution in [0.1, 0.15) is 62.0 Å². The molecule has 0 bridgehead atoms. The number of nitrogens with zero attached hydrogens (tertiary/aromatic N) is 1. The Morgan fingerprint density at radius 3 is 2.23 bits per heavy atom. The van der Waals surface area contributed by atoms with Gasteiger partial charge in [0.1, 0.15) is 12.4 Å². The Bertz CT molecular complexity index is 882. The third kappa shape index (κ3) is 5.21. The molecule has 2 amide bonds. The van der Waals surface area contributed by atoms with Crippen LogP contribution in [0.3, 0.4) is 0 Å². The van der Waals surface area contributed by atoms with E-state index in [0.29, 0.717) is 18.7 Å². The van der Waals surface area contributed by atoms with Gasteiger partial charge in [0.05, 0.1) is 5.92 Å². The highest BCUT2D eigenvalue weighted by Crippen LogP contribution is 2.25. The van der Waals surface area contributed by atoms with Crippen molar-refractivity contribution in [2.24, 2.45) is 11.7 Å². The van der Waals surface area contributed by atoms with Crippen molar-refractivity contribution >= 4 is 11.8 Å². The van der Waals surface area contributed by atoms with Crippen LogP contribution in [0.25, 0.3) is 0 Å². The first-order valence-corrected chi connectivity index (χ1v) is 10.6. The first-order chi connectivity index (χ1) is 14.1. The summed E-state index contributed by atoms with van der Waals surface area (Å²) in [5, 5.41) is 0. The summed E-state index contributed by atoms with van der Waals surface area (Å²) in [6.45, 7) is 9.40. The molecule has 2 N–H and O–H groups in total. The standard InChI is InChI=1S/C25H32N2O3/c1-17-5-8-20(23(26)28)15-27(17)24(29)19-9-6-18(7-10-19)16-30-22-13-11-21(12-14-22)25(2,3)4/h6-7,9-14,17,20H,5,8,15-16H2,1-4H3,(H2,26,28). The molecule has 0 aliphatic carbocycles. The molecule has 1 heterocycles. The molecular formula is C25H32N2O3. The van der Waals surface area contributed by atoms with Crippen molar-refractivity contribution in [2.45, 2.75) is 58.6 Å². The van der Waals surface area contributed by atoms with Gasteiger partial charge >= 0.3 is 0 Å². The molecular weight excluding hydrogens is 376 g/mol. The van der Waals surface area contributed by atoms with Crippen molar-refractivity contribution in [1.29, 1.82) is 0 Å². The van der Waals surface area contributed by atoms with Crippen LogP contribution >= 0.6 is 0 Å². The summed E-state index contributed by atoms with van der Waals surface area (Å²) < 4.78 is 5.89. The number of hydrogen-bond donors (Lipinski definition) is 1. The Kier molecular flexibility index (Phi) is 6.49. The number of primary amides is 1. The Morgan fingerprint density at radius 1 is 1.03 bits per heavy atom. The van der Waals surface area contributed by atoms with Crippen LogP contribution in [0.15, 0.2) is 48.5 Å². The molecule has 30 heavy (non-hydrogen) atoms. The van der Waals surface area contributed by atoms with E-state index < -0.39 is 0 Å². The second-order valence-electron chi connectivity index (χ2n) is 9.24. The lowest BCUT2D eigenvalue weighted by Gasteiger charge is -2.37. The summed E-state index contributed by atoms with van der Waals surface area (Å²) in [6.07, 6.45) is 1.53. The summed E-state index contributed by atoms with van der Waals surface area (Å²) in [6, 6.07) is 15.7. The maximum absolute atomic E-state index is 12.9. The van der Waals surface area contributed by atoms with E-state index in [1.54, 1.807) is 4.90 Å². The Hall–Kier alpha value is -2.82. The fourth-order valence-electron chi connectivity index (χ4n) is 3.75. The van der Waals surface area contributed by atoms with Gasteiger partial charge in [0.25, 0.3) is 5.91 Å². The predicted molar refractivity (Wildman–Crippen MR) is 118 cm³/mol. The number of hydrogen-bond acceptors (Lipinski definition) is 3. The van der Waals surface area contributed by atoms with Crippen LogP contribution in [0.5, 0.6) is 5.75 Å². The molecule has 0 spiro atoms. The molecule has 1 fully saturated rings. The number of carbonyl (C=O) groups excluding carboxylic acids is 2. The molecule has 5 heteroatoms. The van der Waals surface area contributed by atoms with Gasteiger partial charge in [0.2, 0.25) is 5.91 Å². The molecule has 1 aliphatic rings. The second kappa shape index (κ2) is 8.90. The number of piperidine rings is 1. The summed E-state index contributed by atoms with van der Waals surface area (Å²) >= 11 is 0. The van der Waals surface area contributed by atoms with E-state index in [0.717, 1.165) is 24.2 Å². The van der Waals surface area contributed by atoms with Crippen molar-refractivity contribution in [3.05, 3.63) is 65.2 Å². The van der Waals surface area contributed by atoms with Gasteiger partial charge in [-0.25, -0.2) is 0 Å². The number of carbonyl (C=O) groups is 2. The van der Waals surface area contributed by atoms with Gasteiger partial charge in [-0.1, -0.05) is 45.0 Å². The monoisotopic (exact) mass is 408 g/mol. The van der Waals surface area contributed by atoms with Crippen molar-refractivity contribution in [2.75, 3.05) is 6.54 Å². The normalized spacial score (nSPS) is 19.4. The Labute approximate surface area is 179 Å². The third-order valence-corrected chi connectivity index (χ3v) is 5.87. The largest absolute Gasteiger partial charge is 0.489 e. The number of likely N-dealkylation sites (tertiary alicyclic amines) is 1. The Morgan fingerprint density at radius 2 is 1.67 bits per heavy atom. The number of rotatable bonds is 5.